The summed E-state index contributed by atoms with van der Waals surface area (Å²) in [5.74, 6) is 2.06. The summed E-state index contributed by atoms with van der Waals surface area (Å²) in [5.41, 5.74) is 0.426. The van der Waals surface area contributed by atoms with Crippen LogP contribution in [0.5, 0.6) is 0 Å². The Morgan fingerprint density at radius 1 is 1.05 bits per heavy atom. The van der Waals surface area contributed by atoms with Gasteiger partial charge in [0.15, 0.2) is 6.10 Å². The fourth-order valence-corrected chi connectivity index (χ4v) is 6.62. The van der Waals surface area contributed by atoms with Gasteiger partial charge in [-0.05, 0) is 61.2 Å². The number of esters is 1. The monoisotopic (exact) mass is 289 g/mol. The highest BCUT2D eigenvalue weighted by molar-refractivity contribution is 5.83. The molecule has 0 aromatic carbocycles. The van der Waals surface area contributed by atoms with E-state index in [-0.39, 0.29) is 16.8 Å². The van der Waals surface area contributed by atoms with Gasteiger partial charge in [0.25, 0.3) is 0 Å². The quantitative estimate of drug-likeness (QED) is 0.660. The van der Waals surface area contributed by atoms with Crippen molar-refractivity contribution in [1.82, 2.24) is 0 Å². The third-order valence-corrected chi connectivity index (χ3v) is 9.13. The minimum atomic E-state index is -0.309. The summed E-state index contributed by atoms with van der Waals surface area (Å²) < 4.78 is 5.61. The fourth-order valence-electron chi connectivity index (χ4n) is 6.62. The molecule has 0 aromatic heterocycles. The van der Waals surface area contributed by atoms with Gasteiger partial charge < -0.3 is 4.74 Å². The Bertz CT molecular complexity index is 520. The molecular formula is C19H29O2. The van der Waals surface area contributed by atoms with Gasteiger partial charge in [0.05, 0.1) is 5.41 Å². The molecule has 4 aliphatic rings. The topological polar surface area (TPSA) is 26.3 Å². The van der Waals surface area contributed by atoms with Crippen LogP contribution in [0.3, 0.4) is 0 Å². The van der Waals surface area contributed by atoms with E-state index in [1.807, 2.05) is 0 Å². The van der Waals surface area contributed by atoms with Crippen molar-refractivity contribution < 1.29 is 9.53 Å². The SMILES string of the molecule is CC1(C)[C]2CC(C3CC4CCC3(C)C4(C)C)C1(C)C(=O)O2. The molecule has 0 spiro atoms. The average Bonchev–Trinajstić information content (AvgIpc) is 2.87. The Kier molecular flexibility index (Phi) is 2.36. The standard InChI is InChI=1S/C19H29O2/c1-16(2)11-7-8-18(16,5)12(9-11)13-10-14-17(3,4)19(13,6)15(20)21-14/h11-13H,7-10H2,1-6H3. The van der Waals surface area contributed by atoms with Crippen molar-refractivity contribution >= 4 is 5.97 Å². The Labute approximate surface area is 129 Å². The Hall–Kier alpha value is -0.530. The van der Waals surface area contributed by atoms with Crippen LogP contribution in [0.4, 0.5) is 0 Å². The average molecular weight is 289 g/mol. The van der Waals surface area contributed by atoms with Gasteiger partial charge in [-0.2, -0.15) is 0 Å². The van der Waals surface area contributed by atoms with E-state index in [2.05, 4.69) is 41.5 Å². The minimum absolute atomic E-state index is 0.0444. The molecule has 1 aliphatic heterocycles. The molecule has 4 rings (SSSR count). The van der Waals surface area contributed by atoms with Crippen LogP contribution in [0.25, 0.3) is 0 Å². The zero-order valence-electron chi connectivity index (χ0n) is 14.4. The van der Waals surface area contributed by atoms with E-state index in [4.69, 9.17) is 4.74 Å². The smallest absolute Gasteiger partial charge is 0.313 e. The van der Waals surface area contributed by atoms with Crippen molar-refractivity contribution in [3.05, 3.63) is 6.10 Å². The second kappa shape index (κ2) is 3.51. The zero-order valence-corrected chi connectivity index (χ0v) is 14.4. The van der Waals surface area contributed by atoms with E-state index in [0.29, 0.717) is 22.7 Å². The second-order valence-corrected chi connectivity index (χ2v) is 9.67. The molecule has 0 amide bonds. The van der Waals surface area contributed by atoms with E-state index in [1.54, 1.807) is 0 Å². The second-order valence-electron chi connectivity index (χ2n) is 9.67. The first-order valence-electron chi connectivity index (χ1n) is 8.65. The van der Waals surface area contributed by atoms with Crippen LogP contribution in [0, 0.1) is 45.5 Å². The number of hydrogen-bond acceptors (Lipinski definition) is 2. The van der Waals surface area contributed by atoms with Gasteiger partial charge in [0.1, 0.15) is 0 Å². The lowest BCUT2D eigenvalue weighted by molar-refractivity contribution is -0.156. The highest BCUT2D eigenvalue weighted by Crippen LogP contribution is 2.76. The van der Waals surface area contributed by atoms with Crippen molar-refractivity contribution in [2.45, 2.75) is 67.2 Å². The van der Waals surface area contributed by atoms with Crippen molar-refractivity contribution in [3.8, 4) is 0 Å². The van der Waals surface area contributed by atoms with Gasteiger partial charge in [-0.3, -0.25) is 4.79 Å². The molecule has 0 N–H and O–H groups in total. The molecule has 5 atom stereocenters. The number of carbonyl (C=O) groups excluding carboxylic acids is 1. The summed E-state index contributed by atoms with van der Waals surface area (Å²) in [5, 5.41) is 0. The van der Waals surface area contributed by atoms with Crippen LogP contribution in [0.2, 0.25) is 0 Å². The number of hydrogen-bond donors (Lipinski definition) is 0. The lowest BCUT2D eigenvalue weighted by Crippen LogP contribution is -2.46. The Balaban J connectivity index is 1.76. The number of rotatable bonds is 1. The van der Waals surface area contributed by atoms with Gasteiger partial charge in [0.2, 0.25) is 0 Å². The molecule has 5 unspecified atom stereocenters. The van der Waals surface area contributed by atoms with Crippen LogP contribution in [0.1, 0.15) is 67.2 Å². The molecule has 21 heavy (non-hydrogen) atoms. The van der Waals surface area contributed by atoms with Crippen LogP contribution in [0.15, 0.2) is 0 Å². The van der Waals surface area contributed by atoms with E-state index in [1.165, 1.54) is 19.3 Å². The van der Waals surface area contributed by atoms with Gasteiger partial charge in [-0.1, -0.05) is 34.6 Å². The first-order chi connectivity index (χ1) is 9.57. The molecule has 3 aliphatic carbocycles. The molecule has 1 heterocycles. The third-order valence-electron chi connectivity index (χ3n) is 9.13. The van der Waals surface area contributed by atoms with Crippen LogP contribution in [-0.2, 0) is 9.53 Å². The van der Waals surface area contributed by atoms with Gasteiger partial charge >= 0.3 is 5.97 Å². The van der Waals surface area contributed by atoms with E-state index in [9.17, 15) is 4.79 Å². The first-order valence-corrected chi connectivity index (χ1v) is 8.65. The molecule has 1 saturated heterocycles. The van der Waals surface area contributed by atoms with Gasteiger partial charge in [-0.25, -0.2) is 0 Å². The number of ether oxygens (including phenoxy) is 1. The van der Waals surface area contributed by atoms with Gasteiger partial charge in [-0.15, -0.1) is 0 Å². The zero-order chi connectivity index (χ0) is 15.4. The summed E-state index contributed by atoms with van der Waals surface area (Å²) >= 11 is 0. The molecule has 117 valence electrons. The molecule has 2 heteroatoms. The van der Waals surface area contributed by atoms with Crippen molar-refractivity contribution in [1.29, 1.82) is 0 Å². The maximum absolute atomic E-state index is 12.6. The highest BCUT2D eigenvalue weighted by Gasteiger charge is 2.75. The Morgan fingerprint density at radius 2 is 1.71 bits per heavy atom. The van der Waals surface area contributed by atoms with E-state index < -0.39 is 0 Å². The summed E-state index contributed by atoms with van der Waals surface area (Å²) in [6.45, 7) is 14.1. The number of carbonyl (C=O) groups is 1. The predicted molar refractivity (Wildman–Crippen MR) is 82.0 cm³/mol. The lowest BCUT2D eigenvalue weighted by atomic mass is 9.56. The van der Waals surface area contributed by atoms with Crippen molar-refractivity contribution in [3.63, 3.8) is 0 Å². The summed E-state index contributed by atoms with van der Waals surface area (Å²) in [7, 11) is 0. The maximum Gasteiger partial charge on any atom is 0.313 e. The van der Waals surface area contributed by atoms with Crippen LogP contribution in [-0.4, -0.2) is 5.97 Å². The van der Waals surface area contributed by atoms with Crippen molar-refractivity contribution in [2.75, 3.05) is 0 Å². The van der Waals surface area contributed by atoms with E-state index in [0.717, 1.165) is 18.4 Å². The summed E-state index contributed by atoms with van der Waals surface area (Å²) in [4.78, 5) is 12.6. The van der Waals surface area contributed by atoms with E-state index >= 15 is 0 Å². The maximum atomic E-state index is 12.6. The molecule has 2 nitrogen and oxygen atoms in total. The Morgan fingerprint density at radius 3 is 2.14 bits per heavy atom. The minimum Gasteiger partial charge on any atom is -0.454 e. The fraction of sp³-hybridized carbons (Fsp3) is 0.895. The highest BCUT2D eigenvalue weighted by atomic mass is 16.6. The normalized spacial score (nSPS) is 53.4. The first kappa shape index (κ1) is 14.1. The molecule has 4 bridgehead atoms. The molecular weight excluding hydrogens is 260 g/mol. The lowest BCUT2D eigenvalue weighted by Gasteiger charge is -2.47. The van der Waals surface area contributed by atoms with Crippen LogP contribution >= 0.6 is 0 Å². The van der Waals surface area contributed by atoms with Crippen molar-refractivity contribution in [2.24, 2.45) is 39.4 Å². The summed E-state index contributed by atoms with van der Waals surface area (Å²) in [6, 6.07) is 0. The third kappa shape index (κ3) is 1.23. The van der Waals surface area contributed by atoms with Gasteiger partial charge in [0, 0.05) is 5.41 Å². The predicted octanol–water partition coefficient (Wildman–Crippen LogP) is 4.59. The molecule has 3 saturated carbocycles. The largest absolute Gasteiger partial charge is 0.454 e. The molecule has 0 aromatic rings. The molecule has 4 fully saturated rings. The summed E-state index contributed by atoms with van der Waals surface area (Å²) in [6.07, 6.45) is 6.11. The molecule has 1 radical (unpaired) electrons. The van der Waals surface area contributed by atoms with Crippen LogP contribution < -0.4 is 0 Å². The number of fused-ring (bicyclic) bond motifs is 4.